The van der Waals surface area contributed by atoms with E-state index in [1.165, 1.54) is 37.7 Å². The second-order valence-electron chi connectivity index (χ2n) is 12.1. The molecular formula is C33H41Cl2N3O3. The lowest BCUT2D eigenvalue weighted by atomic mass is 9.83. The average molecular weight is 599 g/mol. The van der Waals surface area contributed by atoms with Gasteiger partial charge in [0.2, 0.25) is 11.8 Å². The minimum Gasteiger partial charge on any atom is -0.343 e. The number of hydrogen-bond acceptors (Lipinski definition) is 3. The molecule has 2 unspecified atom stereocenters. The number of nitrogens with zero attached hydrogens (tertiary/aromatic N) is 3. The molecule has 2 aromatic rings. The van der Waals surface area contributed by atoms with E-state index in [1.54, 1.807) is 13.0 Å². The molecule has 6 nitrogen and oxygen atoms in total. The summed E-state index contributed by atoms with van der Waals surface area (Å²) < 4.78 is 0. The van der Waals surface area contributed by atoms with Crippen molar-refractivity contribution in [1.29, 1.82) is 0 Å². The third-order valence-electron chi connectivity index (χ3n) is 9.60. The van der Waals surface area contributed by atoms with E-state index < -0.39 is 0 Å². The number of rotatable bonds is 5. The molecule has 0 radical (unpaired) electrons. The summed E-state index contributed by atoms with van der Waals surface area (Å²) in [6.45, 7) is 3.92. The van der Waals surface area contributed by atoms with Gasteiger partial charge in [0.05, 0.1) is 10.0 Å². The number of likely N-dealkylation sites (N-methyl/N-ethyl adjacent to an activating group) is 1. The summed E-state index contributed by atoms with van der Waals surface area (Å²) in [5.74, 6) is 0.610. The van der Waals surface area contributed by atoms with E-state index in [0.717, 1.165) is 5.56 Å². The van der Waals surface area contributed by atoms with Gasteiger partial charge in [0.25, 0.3) is 5.91 Å². The van der Waals surface area contributed by atoms with Gasteiger partial charge in [-0.3, -0.25) is 14.4 Å². The summed E-state index contributed by atoms with van der Waals surface area (Å²) in [5, 5.41) is 0.950. The van der Waals surface area contributed by atoms with Gasteiger partial charge in [0, 0.05) is 63.6 Å². The molecule has 2 atom stereocenters. The predicted molar refractivity (Wildman–Crippen MR) is 164 cm³/mol. The summed E-state index contributed by atoms with van der Waals surface area (Å²) in [7, 11) is 1.88. The van der Waals surface area contributed by atoms with Crippen molar-refractivity contribution in [3.05, 3.63) is 69.2 Å². The van der Waals surface area contributed by atoms with E-state index in [-0.39, 0.29) is 35.6 Å². The minimum atomic E-state index is -0.102. The molecule has 0 spiro atoms. The molecule has 2 aromatic carbocycles. The van der Waals surface area contributed by atoms with Crippen LogP contribution in [0.4, 0.5) is 0 Å². The smallest absolute Gasteiger partial charge is 0.253 e. The van der Waals surface area contributed by atoms with Crippen LogP contribution in [-0.2, 0) is 9.59 Å². The van der Waals surface area contributed by atoms with Crippen LogP contribution >= 0.6 is 23.2 Å². The normalized spacial score (nSPS) is 22.4. The Hall–Kier alpha value is -2.57. The van der Waals surface area contributed by atoms with Gasteiger partial charge in [0.15, 0.2) is 0 Å². The Morgan fingerprint density at radius 3 is 2.05 bits per heavy atom. The van der Waals surface area contributed by atoms with E-state index in [9.17, 15) is 14.4 Å². The Balaban J connectivity index is 1.32. The zero-order chi connectivity index (χ0) is 29.1. The van der Waals surface area contributed by atoms with Gasteiger partial charge in [-0.2, -0.15) is 0 Å². The standard InChI is InChI=1S/C33H41Cl2N3O3/c1-22(39)37-17-14-26(15-18-37)33(41)38-19-16-31(28(21-38)27-12-13-29(34)30(35)20-27)36(2)32(40)25-10-8-24(9-11-25)23-6-4-3-5-7-23/h8-13,20,23,26,28,31H,3-7,14-19,21H2,1-2H3. The highest BCUT2D eigenvalue weighted by Gasteiger charge is 2.39. The SMILES string of the molecule is CC(=O)N1CCC(C(=O)N2CCC(N(C)C(=O)c3ccc(C4CCCCC4)cc3)C(c3ccc(Cl)c(Cl)c3)C2)CC1. The summed E-state index contributed by atoms with van der Waals surface area (Å²) >= 11 is 12.7. The maximum atomic E-state index is 13.7. The molecule has 41 heavy (non-hydrogen) atoms. The van der Waals surface area contributed by atoms with E-state index in [4.69, 9.17) is 23.2 Å². The zero-order valence-corrected chi connectivity index (χ0v) is 25.7. The number of likely N-dealkylation sites (tertiary alicyclic amines) is 2. The van der Waals surface area contributed by atoms with Gasteiger partial charge < -0.3 is 14.7 Å². The van der Waals surface area contributed by atoms with Crippen LogP contribution < -0.4 is 0 Å². The van der Waals surface area contributed by atoms with Gasteiger partial charge in [-0.25, -0.2) is 0 Å². The Labute approximate surface area is 254 Å². The van der Waals surface area contributed by atoms with Crippen molar-refractivity contribution >= 4 is 40.9 Å². The van der Waals surface area contributed by atoms with Crippen molar-refractivity contribution in [2.24, 2.45) is 5.92 Å². The Morgan fingerprint density at radius 2 is 1.41 bits per heavy atom. The first kappa shape index (κ1) is 29.9. The van der Waals surface area contributed by atoms with Crippen molar-refractivity contribution < 1.29 is 14.4 Å². The average Bonchev–Trinajstić information content (AvgIpc) is 3.01. The lowest BCUT2D eigenvalue weighted by molar-refractivity contribution is -0.141. The Morgan fingerprint density at radius 1 is 0.780 bits per heavy atom. The molecule has 1 aliphatic carbocycles. The molecule has 2 saturated heterocycles. The van der Waals surface area contributed by atoms with Crippen LogP contribution in [0.5, 0.6) is 0 Å². The lowest BCUT2D eigenvalue weighted by Crippen LogP contribution is -2.53. The van der Waals surface area contributed by atoms with Crippen LogP contribution in [0.3, 0.4) is 0 Å². The molecule has 8 heteroatoms. The fraction of sp³-hybridized carbons (Fsp3) is 0.545. The molecule has 220 valence electrons. The summed E-state index contributed by atoms with van der Waals surface area (Å²) in [4.78, 5) is 44.7. The summed E-state index contributed by atoms with van der Waals surface area (Å²) in [6.07, 6.45) is 8.38. The first-order chi connectivity index (χ1) is 19.7. The molecule has 2 aliphatic heterocycles. The molecule has 5 rings (SSSR count). The first-order valence-corrected chi connectivity index (χ1v) is 15.8. The number of halogens is 2. The maximum Gasteiger partial charge on any atom is 0.253 e. The largest absolute Gasteiger partial charge is 0.343 e. The Bertz CT molecular complexity index is 1250. The third-order valence-corrected chi connectivity index (χ3v) is 10.3. The number of carbonyl (C=O) groups is 3. The molecule has 1 saturated carbocycles. The molecule has 2 heterocycles. The van der Waals surface area contributed by atoms with Crippen LogP contribution in [0.2, 0.25) is 10.0 Å². The van der Waals surface area contributed by atoms with Crippen molar-refractivity contribution in [2.75, 3.05) is 33.2 Å². The van der Waals surface area contributed by atoms with Crippen LogP contribution in [-0.4, -0.2) is 71.7 Å². The van der Waals surface area contributed by atoms with Crippen molar-refractivity contribution in [1.82, 2.24) is 14.7 Å². The topological polar surface area (TPSA) is 60.9 Å². The fourth-order valence-electron chi connectivity index (χ4n) is 7.06. The van der Waals surface area contributed by atoms with Gasteiger partial charge in [0.1, 0.15) is 0 Å². The first-order valence-electron chi connectivity index (χ1n) is 15.1. The van der Waals surface area contributed by atoms with Gasteiger partial charge >= 0.3 is 0 Å². The van der Waals surface area contributed by atoms with Gasteiger partial charge in [-0.15, -0.1) is 0 Å². The molecule has 0 aromatic heterocycles. The number of piperidine rings is 2. The number of amides is 3. The van der Waals surface area contributed by atoms with Gasteiger partial charge in [-0.1, -0.05) is 60.7 Å². The number of carbonyl (C=O) groups excluding carboxylic acids is 3. The second-order valence-corrected chi connectivity index (χ2v) is 12.9. The molecule has 3 amide bonds. The molecule has 0 bridgehead atoms. The maximum absolute atomic E-state index is 13.7. The predicted octanol–water partition coefficient (Wildman–Crippen LogP) is 6.76. The molecular weight excluding hydrogens is 557 g/mol. The number of hydrogen-bond donors (Lipinski definition) is 0. The minimum absolute atomic E-state index is 0.00774. The van der Waals surface area contributed by atoms with E-state index in [0.29, 0.717) is 67.0 Å². The highest BCUT2D eigenvalue weighted by atomic mass is 35.5. The second kappa shape index (κ2) is 13.2. The third kappa shape index (κ3) is 6.75. The highest BCUT2D eigenvalue weighted by Crippen LogP contribution is 2.36. The lowest BCUT2D eigenvalue weighted by Gasteiger charge is -2.44. The molecule has 3 aliphatic rings. The van der Waals surface area contributed by atoms with Crippen molar-refractivity contribution in [3.63, 3.8) is 0 Å². The van der Waals surface area contributed by atoms with E-state index in [2.05, 4.69) is 12.1 Å². The molecule has 0 N–H and O–H groups in total. The van der Waals surface area contributed by atoms with Crippen LogP contribution in [0.25, 0.3) is 0 Å². The summed E-state index contributed by atoms with van der Waals surface area (Å²) in [6, 6.07) is 13.7. The van der Waals surface area contributed by atoms with E-state index >= 15 is 0 Å². The monoisotopic (exact) mass is 597 g/mol. The fourth-order valence-corrected chi connectivity index (χ4v) is 7.37. The quantitative estimate of drug-likeness (QED) is 0.382. The van der Waals surface area contributed by atoms with Crippen LogP contribution in [0, 0.1) is 5.92 Å². The Kier molecular flexibility index (Phi) is 9.60. The van der Waals surface area contributed by atoms with Crippen LogP contribution in [0.15, 0.2) is 42.5 Å². The van der Waals surface area contributed by atoms with Crippen molar-refractivity contribution in [3.8, 4) is 0 Å². The van der Waals surface area contributed by atoms with E-state index in [1.807, 2.05) is 46.0 Å². The number of benzene rings is 2. The van der Waals surface area contributed by atoms with Crippen molar-refractivity contribution in [2.45, 2.75) is 76.2 Å². The van der Waals surface area contributed by atoms with Gasteiger partial charge in [-0.05, 0) is 73.4 Å². The van der Waals surface area contributed by atoms with Crippen LogP contribution in [0.1, 0.15) is 91.6 Å². The summed E-state index contributed by atoms with van der Waals surface area (Å²) in [5.41, 5.74) is 3.00. The zero-order valence-electron chi connectivity index (χ0n) is 24.2. The highest BCUT2D eigenvalue weighted by molar-refractivity contribution is 6.42. The molecule has 3 fully saturated rings.